The third kappa shape index (κ3) is 3.33. The number of rotatable bonds is 5. The van der Waals surface area contributed by atoms with Crippen molar-refractivity contribution in [3.8, 4) is 0 Å². The number of halogens is 1. The molecule has 2 aromatic rings. The van der Waals surface area contributed by atoms with E-state index in [-0.39, 0.29) is 12.4 Å². The Bertz CT molecular complexity index is 556. The highest BCUT2D eigenvalue weighted by Crippen LogP contribution is 2.17. The first-order valence-electron chi connectivity index (χ1n) is 6.83. The molecule has 2 aromatic heterocycles. The maximum atomic E-state index is 4.43. The van der Waals surface area contributed by atoms with E-state index < -0.39 is 0 Å². The summed E-state index contributed by atoms with van der Waals surface area (Å²) in [6, 6.07) is 0.401. The van der Waals surface area contributed by atoms with Gasteiger partial charge in [-0.15, -0.1) is 12.4 Å². The van der Waals surface area contributed by atoms with E-state index in [2.05, 4.69) is 54.1 Å². The summed E-state index contributed by atoms with van der Waals surface area (Å²) in [6.45, 7) is 12.2. The molecule has 1 N–H and O–H groups in total. The van der Waals surface area contributed by atoms with E-state index in [1.807, 2.05) is 17.8 Å². The lowest BCUT2D eigenvalue weighted by Crippen LogP contribution is -2.06. The van der Waals surface area contributed by atoms with Crippen molar-refractivity contribution in [2.75, 3.05) is 5.32 Å². The van der Waals surface area contributed by atoms with Gasteiger partial charge in [-0.25, -0.2) is 0 Å². The number of hydrogen-bond donors (Lipinski definition) is 1. The molecule has 0 radical (unpaired) electrons. The molecule has 112 valence electrons. The van der Waals surface area contributed by atoms with Crippen molar-refractivity contribution in [3.63, 3.8) is 0 Å². The average molecular weight is 298 g/mol. The van der Waals surface area contributed by atoms with Gasteiger partial charge in [0, 0.05) is 36.6 Å². The molecule has 0 amide bonds. The summed E-state index contributed by atoms with van der Waals surface area (Å²) in [5.41, 5.74) is 4.59. The van der Waals surface area contributed by atoms with Crippen LogP contribution in [0.2, 0.25) is 0 Å². The van der Waals surface area contributed by atoms with Crippen LogP contribution in [0, 0.1) is 13.8 Å². The van der Waals surface area contributed by atoms with Gasteiger partial charge in [-0.05, 0) is 34.6 Å². The van der Waals surface area contributed by atoms with Crippen LogP contribution in [-0.4, -0.2) is 19.6 Å². The predicted molar refractivity (Wildman–Crippen MR) is 84.6 cm³/mol. The molecular formula is C14H24ClN5. The number of nitrogens with zero attached hydrogens (tertiary/aromatic N) is 4. The monoisotopic (exact) mass is 297 g/mol. The quantitative estimate of drug-likeness (QED) is 0.921. The van der Waals surface area contributed by atoms with E-state index >= 15 is 0 Å². The van der Waals surface area contributed by atoms with Gasteiger partial charge in [-0.1, -0.05) is 0 Å². The zero-order valence-corrected chi connectivity index (χ0v) is 13.7. The zero-order chi connectivity index (χ0) is 14.0. The van der Waals surface area contributed by atoms with Crippen LogP contribution >= 0.6 is 12.4 Å². The molecular weight excluding hydrogens is 274 g/mol. The molecule has 0 bridgehead atoms. The first kappa shape index (κ1) is 16.6. The molecule has 2 rings (SSSR count). The Morgan fingerprint density at radius 2 is 2.00 bits per heavy atom. The van der Waals surface area contributed by atoms with E-state index in [1.54, 1.807) is 0 Å². The zero-order valence-electron chi connectivity index (χ0n) is 12.8. The van der Waals surface area contributed by atoms with Gasteiger partial charge in [-0.2, -0.15) is 10.2 Å². The summed E-state index contributed by atoms with van der Waals surface area (Å²) >= 11 is 0. The van der Waals surface area contributed by atoms with Crippen molar-refractivity contribution in [3.05, 3.63) is 29.3 Å². The standard InChI is InChI=1S/C14H23N5.ClH/c1-6-18-9-14(11(4)17-18)15-7-13-8-16-19(10(2)3)12(13)5;/h8-10,15H,6-7H2,1-5H3;1H. The molecule has 0 fully saturated rings. The highest BCUT2D eigenvalue weighted by atomic mass is 35.5. The van der Waals surface area contributed by atoms with Crippen molar-refractivity contribution >= 4 is 18.1 Å². The largest absolute Gasteiger partial charge is 0.378 e. The van der Waals surface area contributed by atoms with Crippen molar-refractivity contribution in [1.29, 1.82) is 0 Å². The van der Waals surface area contributed by atoms with E-state index in [1.165, 1.54) is 11.3 Å². The molecule has 2 heterocycles. The molecule has 0 spiro atoms. The van der Waals surface area contributed by atoms with E-state index in [0.717, 1.165) is 24.5 Å². The van der Waals surface area contributed by atoms with E-state index in [0.29, 0.717) is 6.04 Å². The fraction of sp³-hybridized carbons (Fsp3) is 0.571. The molecule has 0 aliphatic carbocycles. The fourth-order valence-electron chi connectivity index (χ4n) is 2.20. The fourth-order valence-corrected chi connectivity index (χ4v) is 2.20. The summed E-state index contributed by atoms with van der Waals surface area (Å²) in [5.74, 6) is 0. The van der Waals surface area contributed by atoms with Gasteiger partial charge in [-0.3, -0.25) is 9.36 Å². The third-order valence-electron chi connectivity index (χ3n) is 3.38. The van der Waals surface area contributed by atoms with Crippen molar-refractivity contribution in [1.82, 2.24) is 19.6 Å². The van der Waals surface area contributed by atoms with Crippen LogP contribution in [0.1, 0.15) is 43.8 Å². The van der Waals surface area contributed by atoms with Crippen LogP contribution in [0.15, 0.2) is 12.4 Å². The minimum absolute atomic E-state index is 0. The topological polar surface area (TPSA) is 47.7 Å². The Morgan fingerprint density at radius 1 is 1.30 bits per heavy atom. The second kappa shape index (κ2) is 6.79. The number of nitrogens with one attached hydrogen (secondary N) is 1. The molecule has 0 saturated heterocycles. The van der Waals surface area contributed by atoms with Crippen LogP contribution in [0.25, 0.3) is 0 Å². The Balaban J connectivity index is 0.00000200. The summed E-state index contributed by atoms with van der Waals surface area (Å²) in [7, 11) is 0. The lowest BCUT2D eigenvalue weighted by atomic mass is 10.2. The summed E-state index contributed by atoms with van der Waals surface area (Å²) in [6.07, 6.45) is 4.00. The van der Waals surface area contributed by atoms with Crippen molar-refractivity contribution in [2.45, 2.75) is 53.8 Å². The molecule has 20 heavy (non-hydrogen) atoms. The number of aromatic nitrogens is 4. The normalized spacial score (nSPS) is 10.7. The molecule has 6 heteroatoms. The van der Waals surface area contributed by atoms with Gasteiger partial charge >= 0.3 is 0 Å². The lowest BCUT2D eigenvalue weighted by Gasteiger charge is -2.09. The van der Waals surface area contributed by atoms with Gasteiger partial charge in [0.05, 0.1) is 17.6 Å². The number of aryl methyl sites for hydroxylation is 2. The molecule has 5 nitrogen and oxygen atoms in total. The maximum absolute atomic E-state index is 4.43. The molecule has 0 aromatic carbocycles. The highest BCUT2D eigenvalue weighted by molar-refractivity contribution is 5.85. The third-order valence-corrected chi connectivity index (χ3v) is 3.38. The summed E-state index contributed by atoms with van der Waals surface area (Å²) in [4.78, 5) is 0. The second-order valence-electron chi connectivity index (χ2n) is 5.13. The Hall–Kier alpha value is -1.49. The summed E-state index contributed by atoms with van der Waals surface area (Å²) < 4.78 is 4.00. The molecule has 0 unspecified atom stereocenters. The first-order chi connectivity index (χ1) is 9.02. The van der Waals surface area contributed by atoms with Gasteiger partial charge in [0.15, 0.2) is 0 Å². The molecule has 0 saturated carbocycles. The average Bonchev–Trinajstić information content (AvgIpc) is 2.90. The molecule has 0 aliphatic heterocycles. The second-order valence-corrected chi connectivity index (χ2v) is 5.13. The van der Waals surface area contributed by atoms with Gasteiger partial charge in [0.1, 0.15) is 0 Å². The van der Waals surface area contributed by atoms with Crippen LogP contribution in [0.4, 0.5) is 5.69 Å². The first-order valence-corrected chi connectivity index (χ1v) is 6.83. The highest BCUT2D eigenvalue weighted by Gasteiger charge is 2.10. The molecule has 0 atom stereocenters. The Kier molecular flexibility index (Phi) is 5.62. The SMILES string of the molecule is CCn1cc(NCc2cnn(C(C)C)c2C)c(C)n1.Cl. The van der Waals surface area contributed by atoms with Gasteiger partial charge < -0.3 is 5.32 Å². The van der Waals surface area contributed by atoms with Gasteiger partial charge in [0.25, 0.3) is 0 Å². The van der Waals surface area contributed by atoms with Crippen LogP contribution in [0.3, 0.4) is 0 Å². The van der Waals surface area contributed by atoms with Crippen molar-refractivity contribution in [2.24, 2.45) is 0 Å². The smallest absolute Gasteiger partial charge is 0.0825 e. The minimum atomic E-state index is 0. The number of anilines is 1. The van der Waals surface area contributed by atoms with Crippen LogP contribution in [0.5, 0.6) is 0 Å². The maximum Gasteiger partial charge on any atom is 0.0825 e. The lowest BCUT2D eigenvalue weighted by molar-refractivity contribution is 0.518. The van der Waals surface area contributed by atoms with Gasteiger partial charge in [0.2, 0.25) is 0 Å². The Morgan fingerprint density at radius 3 is 2.50 bits per heavy atom. The van der Waals surface area contributed by atoms with E-state index in [4.69, 9.17) is 0 Å². The number of hydrogen-bond acceptors (Lipinski definition) is 3. The minimum Gasteiger partial charge on any atom is -0.378 e. The predicted octanol–water partition coefficient (Wildman–Crippen LogP) is 3.33. The van der Waals surface area contributed by atoms with Crippen LogP contribution in [-0.2, 0) is 13.1 Å². The van der Waals surface area contributed by atoms with Crippen molar-refractivity contribution < 1.29 is 0 Å². The Labute approximate surface area is 126 Å². The summed E-state index contributed by atoms with van der Waals surface area (Å²) in [5, 5.41) is 12.3. The molecule has 0 aliphatic rings. The van der Waals surface area contributed by atoms with E-state index in [9.17, 15) is 0 Å². The van der Waals surface area contributed by atoms with Crippen LogP contribution < -0.4 is 5.32 Å².